The van der Waals surface area contributed by atoms with Gasteiger partial charge in [0.1, 0.15) is 12.2 Å². The molecule has 0 aliphatic rings. The minimum atomic E-state index is -0.156. The highest BCUT2D eigenvalue weighted by molar-refractivity contribution is 5.83. The van der Waals surface area contributed by atoms with Gasteiger partial charge in [0.2, 0.25) is 0 Å². The van der Waals surface area contributed by atoms with E-state index >= 15 is 0 Å². The number of nitrogens with two attached hydrogens (primary N) is 1. The summed E-state index contributed by atoms with van der Waals surface area (Å²) < 4.78 is 0. The molecular weight excluding hydrogens is 214 g/mol. The van der Waals surface area contributed by atoms with Gasteiger partial charge in [0.15, 0.2) is 0 Å². The van der Waals surface area contributed by atoms with E-state index in [-0.39, 0.29) is 6.04 Å². The lowest BCUT2D eigenvalue weighted by molar-refractivity contribution is 0.673. The number of nitrogens with one attached hydrogen (secondary N) is 2. The Kier molecular flexibility index (Phi) is 2.38. The van der Waals surface area contributed by atoms with Crippen LogP contribution in [0.3, 0.4) is 0 Å². The van der Waals surface area contributed by atoms with Crippen LogP contribution in [0.5, 0.6) is 0 Å². The van der Waals surface area contributed by atoms with E-state index in [4.69, 9.17) is 5.73 Å². The van der Waals surface area contributed by atoms with E-state index in [1.54, 1.807) is 0 Å². The van der Waals surface area contributed by atoms with Gasteiger partial charge in [-0.25, -0.2) is 4.98 Å². The molecular formula is C12H13N5. The lowest BCUT2D eigenvalue weighted by Crippen LogP contribution is -2.14. The van der Waals surface area contributed by atoms with Crippen molar-refractivity contribution < 1.29 is 0 Å². The van der Waals surface area contributed by atoms with Gasteiger partial charge in [0.25, 0.3) is 0 Å². The number of fused-ring (bicyclic) bond motifs is 1. The summed E-state index contributed by atoms with van der Waals surface area (Å²) in [6.07, 6.45) is 4.21. The summed E-state index contributed by atoms with van der Waals surface area (Å²) in [5.74, 6) is 0.718. The smallest absolute Gasteiger partial charge is 0.141 e. The first-order valence-corrected chi connectivity index (χ1v) is 5.50. The second kappa shape index (κ2) is 4.03. The summed E-state index contributed by atoms with van der Waals surface area (Å²) >= 11 is 0. The van der Waals surface area contributed by atoms with Crippen LogP contribution in [0.2, 0.25) is 0 Å². The standard InChI is InChI=1S/C12H13N5/c13-10(12-15-7-16-17-12)5-8-6-14-11-4-2-1-3-9(8)11/h1-4,6-7,10,14H,5,13H2,(H,15,16,17)/t10-/m0/s1. The van der Waals surface area contributed by atoms with Crippen LogP contribution in [0.4, 0.5) is 0 Å². The highest BCUT2D eigenvalue weighted by atomic mass is 15.2. The summed E-state index contributed by atoms with van der Waals surface area (Å²) in [5.41, 5.74) is 8.40. The fourth-order valence-electron chi connectivity index (χ4n) is 2.03. The molecule has 0 fully saturated rings. The van der Waals surface area contributed by atoms with Gasteiger partial charge in [-0.2, -0.15) is 5.10 Å². The predicted octanol–water partition coefficient (Wildman–Crippen LogP) is 1.53. The predicted molar refractivity (Wildman–Crippen MR) is 65.3 cm³/mol. The number of hydrogen-bond acceptors (Lipinski definition) is 3. The number of hydrogen-bond donors (Lipinski definition) is 3. The largest absolute Gasteiger partial charge is 0.361 e. The zero-order valence-corrected chi connectivity index (χ0v) is 9.22. The normalized spacial score (nSPS) is 13.0. The van der Waals surface area contributed by atoms with Gasteiger partial charge in [-0.3, -0.25) is 5.10 Å². The minimum Gasteiger partial charge on any atom is -0.361 e. The minimum absolute atomic E-state index is 0.156. The lowest BCUT2D eigenvalue weighted by Gasteiger charge is -2.06. The molecule has 1 aromatic carbocycles. The summed E-state index contributed by atoms with van der Waals surface area (Å²) in [4.78, 5) is 7.31. The number of para-hydroxylation sites is 1. The van der Waals surface area contributed by atoms with Crippen LogP contribution in [0.1, 0.15) is 17.4 Å². The molecule has 2 aromatic heterocycles. The number of aromatic nitrogens is 4. The first-order valence-electron chi connectivity index (χ1n) is 5.50. The van der Waals surface area contributed by atoms with E-state index in [9.17, 15) is 0 Å². The summed E-state index contributed by atoms with van der Waals surface area (Å²) in [6.45, 7) is 0. The van der Waals surface area contributed by atoms with Crippen molar-refractivity contribution in [3.05, 3.63) is 48.2 Å². The molecule has 0 saturated carbocycles. The Hall–Kier alpha value is -2.14. The molecule has 5 nitrogen and oxygen atoms in total. The Morgan fingerprint density at radius 1 is 1.29 bits per heavy atom. The highest BCUT2D eigenvalue weighted by Crippen LogP contribution is 2.21. The van der Waals surface area contributed by atoms with Crippen molar-refractivity contribution in [2.45, 2.75) is 12.5 Å². The van der Waals surface area contributed by atoms with E-state index in [1.165, 1.54) is 17.3 Å². The van der Waals surface area contributed by atoms with Gasteiger partial charge < -0.3 is 10.7 Å². The fraction of sp³-hybridized carbons (Fsp3) is 0.167. The maximum atomic E-state index is 6.07. The van der Waals surface area contributed by atoms with E-state index < -0.39 is 0 Å². The van der Waals surface area contributed by atoms with E-state index in [2.05, 4.69) is 32.3 Å². The molecule has 4 N–H and O–H groups in total. The van der Waals surface area contributed by atoms with Crippen LogP contribution >= 0.6 is 0 Å². The number of rotatable bonds is 3. The Labute approximate surface area is 98.1 Å². The maximum Gasteiger partial charge on any atom is 0.141 e. The van der Waals surface area contributed by atoms with Crippen LogP contribution in [0.15, 0.2) is 36.8 Å². The fourth-order valence-corrected chi connectivity index (χ4v) is 2.03. The average Bonchev–Trinajstić information content (AvgIpc) is 2.98. The Balaban J connectivity index is 1.90. The van der Waals surface area contributed by atoms with Crippen LogP contribution < -0.4 is 5.73 Å². The molecule has 0 aliphatic heterocycles. The Bertz CT molecular complexity index is 611. The lowest BCUT2D eigenvalue weighted by atomic mass is 10.1. The van der Waals surface area contributed by atoms with Crippen LogP contribution in [-0.4, -0.2) is 20.2 Å². The maximum absolute atomic E-state index is 6.07. The average molecular weight is 227 g/mol. The van der Waals surface area contributed by atoms with Crippen LogP contribution in [0, 0.1) is 0 Å². The summed E-state index contributed by atoms with van der Waals surface area (Å²) in [7, 11) is 0. The quantitative estimate of drug-likeness (QED) is 0.634. The van der Waals surface area contributed by atoms with E-state index in [1.807, 2.05) is 18.3 Å². The molecule has 3 rings (SSSR count). The third kappa shape index (κ3) is 1.81. The first-order chi connectivity index (χ1) is 8.34. The number of benzene rings is 1. The zero-order valence-electron chi connectivity index (χ0n) is 9.22. The summed E-state index contributed by atoms with van der Waals surface area (Å²) in [6, 6.07) is 8.03. The number of aromatic amines is 2. The SMILES string of the molecule is N[C@@H](Cc1c[nH]c2ccccc12)c1ncn[nH]1. The van der Waals surface area contributed by atoms with Gasteiger partial charge in [-0.05, 0) is 18.1 Å². The molecule has 0 aliphatic carbocycles. The zero-order chi connectivity index (χ0) is 11.7. The van der Waals surface area contributed by atoms with Crippen LogP contribution in [0.25, 0.3) is 10.9 Å². The van der Waals surface area contributed by atoms with Crippen molar-refractivity contribution in [3.63, 3.8) is 0 Å². The van der Waals surface area contributed by atoms with Crippen molar-refractivity contribution in [3.8, 4) is 0 Å². The van der Waals surface area contributed by atoms with Crippen molar-refractivity contribution in [1.29, 1.82) is 0 Å². The molecule has 2 heterocycles. The molecule has 3 aromatic rings. The molecule has 0 amide bonds. The molecule has 0 radical (unpaired) electrons. The van der Waals surface area contributed by atoms with Crippen molar-refractivity contribution in [2.75, 3.05) is 0 Å². The second-order valence-electron chi connectivity index (χ2n) is 4.04. The topological polar surface area (TPSA) is 83.4 Å². The molecule has 5 heteroatoms. The molecule has 1 atom stereocenters. The Morgan fingerprint density at radius 2 is 2.18 bits per heavy atom. The second-order valence-corrected chi connectivity index (χ2v) is 4.04. The van der Waals surface area contributed by atoms with Crippen molar-refractivity contribution in [2.24, 2.45) is 5.73 Å². The highest BCUT2D eigenvalue weighted by Gasteiger charge is 2.12. The van der Waals surface area contributed by atoms with Crippen molar-refractivity contribution in [1.82, 2.24) is 20.2 Å². The Morgan fingerprint density at radius 3 is 3.00 bits per heavy atom. The molecule has 0 bridgehead atoms. The molecule has 0 unspecified atom stereocenters. The van der Waals surface area contributed by atoms with Gasteiger partial charge in [0, 0.05) is 17.1 Å². The molecule has 0 saturated heterocycles. The third-order valence-electron chi connectivity index (χ3n) is 2.90. The number of nitrogens with zero attached hydrogens (tertiary/aromatic N) is 2. The molecule has 0 spiro atoms. The van der Waals surface area contributed by atoms with E-state index in [0.717, 1.165) is 17.8 Å². The van der Waals surface area contributed by atoms with Gasteiger partial charge >= 0.3 is 0 Å². The molecule has 86 valence electrons. The number of H-pyrrole nitrogens is 2. The first kappa shape index (κ1) is 10.0. The van der Waals surface area contributed by atoms with Crippen molar-refractivity contribution >= 4 is 10.9 Å². The molecule has 17 heavy (non-hydrogen) atoms. The van der Waals surface area contributed by atoms with Gasteiger partial charge in [0.05, 0.1) is 6.04 Å². The monoisotopic (exact) mass is 227 g/mol. The van der Waals surface area contributed by atoms with E-state index in [0.29, 0.717) is 0 Å². The third-order valence-corrected chi connectivity index (χ3v) is 2.90. The van der Waals surface area contributed by atoms with Gasteiger partial charge in [-0.1, -0.05) is 18.2 Å². The van der Waals surface area contributed by atoms with Crippen LogP contribution in [-0.2, 0) is 6.42 Å². The van der Waals surface area contributed by atoms with Gasteiger partial charge in [-0.15, -0.1) is 0 Å². The summed E-state index contributed by atoms with van der Waals surface area (Å²) in [5, 5.41) is 7.82.